The fourth-order valence-electron chi connectivity index (χ4n) is 1.80. The van der Waals surface area contributed by atoms with Gasteiger partial charge in [-0.15, -0.1) is 0 Å². The molecular formula is C13H21N3O2. The minimum Gasteiger partial charge on any atom is -0.464 e. The highest BCUT2D eigenvalue weighted by atomic mass is 16.5. The standard InChI is InChI=1S/C13H21N3O2/c1-8(2)7-9(3)15-12-10(14)5-6-11(16-12)13(17)18-4/h5-6,8-9H,7,14H2,1-4H3,(H,15,16). The van der Waals surface area contributed by atoms with E-state index in [9.17, 15) is 4.79 Å². The Kier molecular flexibility index (Phi) is 4.95. The maximum absolute atomic E-state index is 11.4. The molecule has 100 valence electrons. The summed E-state index contributed by atoms with van der Waals surface area (Å²) in [5.41, 5.74) is 6.61. The maximum Gasteiger partial charge on any atom is 0.356 e. The Morgan fingerprint density at radius 2 is 2.11 bits per heavy atom. The normalized spacial score (nSPS) is 12.3. The van der Waals surface area contributed by atoms with Crippen molar-refractivity contribution < 1.29 is 9.53 Å². The third kappa shape index (κ3) is 3.91. The predicted molar refractivity (Wildman–Crippen MR) is 72.5 cm³/mol. The number of hydrogen-bond acceptors (Lipinski definition) is 5. The number of pyridine rings is 1. The van der Waals surface area contributed by atoms with E-state index in [-0.39, 0.29) is 11.7 Å². The van der Waals surface area contributed by atoms with Crippen molar-refractivity contribution in [1.82, 2.24) is 4.98 Å². The van der Waals surface area contributed by atoms with Gasteiger partial charge in [0.15, 0.2) is 5.69 Å². The van der Waals surface area contributed by atoms with Gasteiger partial charge in [-0.3, -0.25) is 0 Å². The van der Waals surface area contributed by atoms with Crippen LogP contribution in [0.15, 0.2) is 12.1 Å². The number of nitrogens with one attached hydrogen (secondary N) is 1. The van der Waals surface area contributed by atoms with Crippen molar-refractivity contribution in [2.45, 2.75) is 33.2 Å². The highest BCUT2D eigenvalue weighted by molar-refractivity contribution is 5.88. The molecule has 0 aromatic carbocycles. The van der Waals surface area contributed by atoms with Crippen LogP contribution in [0, 0.1) is 5.92 Å². The van der Waals surface area contributed by atoms with Gasteiger partial charge < -0.3 is 15.8 Å². The Hall–Kier alpha value is -1.78. The molecule has 18 heavy (non-hydrogen) atoms. The zero-order chi connectivity index (χ0) is 13.7. The molecule has 0 aliphatic heterocycles. The predicted octanol–water partition coefficient (Wildman–Crippen LogP) is 2.30. The first-order valence-electron chi connectivity index (χ1n) is 6.05. The molecular weight excluding hydrogens is 230 g/mol. The van der Waals surface area contributed by atoms with E-state index in [2.05, 4.69) is 35.8 Å². The number of carbonyl (C=O) groups is 1. The fraction of sp³-hybridized carbons (Fsp3) is 0.538. The van der Waals surface area contributed by atoms with Gasteiger partial charge in [0.05, 0.1) is 12.8 Å². The molecule has 1 aromatic heterocycles. The molecule has 1 unspecified atom stereocenters. The maximum atomic E-state index is 11.4. The summed E-state index contributed by atoms with van der Waals surface area (Å²) < 4.78 is 4.63. The van der Waals surface area contributed by atoms with Gasteiger partial charge in [-0.25, -0.2) is 9.78 Å². The van der Waals surface area contributed by atoms with Crippen molar-refractivity contribution in [3.05, 3.63) is 17.8 Å². The Balaban J connectivity index is 2.84. The summed E-state index contributed by atoms with van der Waals surface area (Å²) in [7, 11) is 1.33. The molecule has 0 fully saturated rings. The number of ether oxygens (including phenoxy) is 1. The smallest absolute Gasteiger partial charge is 0.356 e. The molecule has 1 heterocycles. The molecule has 1 rings (SSSR count). The largest absolute Gasteiger partial charge is 0.464 e. The molecule has 1 aromatic rings. The zero-order valence-corrected chi connectivity index (χ0v) is 11.4. The summed E-state index contributed by atoms with van der Waals surface area (Å²) in [5.74, 6) is 0.651. The molecule has 0 amide bonds. The van der Waals surface area contributed by atoms with Gasteiger partial charge in [-0.1, -0.05) is 13.8 Å². The minimum absolute atomic E-state index is 0.243. The number of nitrogens with zero attached hydrogens (tertiary/aromatic N) is 1. The molecule has 5 nitrogen and oxygen atoms in total. The van der Waals surface area contributed by atoms with Crippen molar-refractivity contribution in [3.8, 4) is 0 Å². The lowest BCUT2D eigenvalue weighted by Gasteiger charge is -2.18. The van der Waals surface area contributed by atoms with Crippen LogP contribution in [0.4, 0.5) is 11.5 Å². The first-order valence-corrected chi connectivity index (χ1v) is 6.05. The Morgan fingerprint density at radius 3 is 2.67 bits per heavy atom. The number of anilines is 2. The van der Waals surface area contributed by atoms with Gasteiger partial charge in [0.1, 0.15) is 5.82 Å². The molecule has 5 heteroatoms. The molecule has 0 saturated carbocycles. The van der Waals surface area contributed by atoms with Crippen LogP contribution in [0.25, 0.3) is 0 Å². The van der Waals surface area contributed by atoms with Crippen LogP contribution in [0.5, 0.6) is 0 Å². The zero-order valence-electron chi connectivity index (χ0n) is 11.4. The summed E-state index contributed by atoms with van der Waals surface area (Å²) in [6.45, 7) is 6.37. The number of esters is 1. The molecule has 0 bridgehead atoms. The highest BCUT2D eigenvalue weighted by Gasteiger charge is 2.12. The summed E-state index contributed by atoms with van der Waals surface area (Å²) in [6, 6.07) is 3.45. The number of nitrogens with two attached hydrogens (primary N) is 1. The fourth-order valence-corrected chi connectivity index (χ4v) is 1.80. The van der Waals surface area contributed by atoms with Crippen LogP contribution >= 0.6 is 0 Å². The van der Waals surface area contributed by atoms with E-state index in [1.54, 1.807) is 12.1 Å². The van der Waals surface area contributed by atoms with Crippen molar-refractivity contribution in [2.24, 2.45) is 5.92 Å². The molecule has 0 aliphatic rings. The van der Waals surface area contributed by atoms with Gasteiger partial charge in [0.25, 0.3) is 0 Å². The Morgan fingerprint density at radius 1 is 1.44 bits per heavy atom. The number of carbonyl (C=O) groups excluding carboxylic acids is 1. The summed E-state index contributed by atoms with van der Waals surface area (Å²) in [5, 5.41) is 3.22. The van der Waals surface area contributed by atoms with Gasteiger partial charge >= 0.3 is 5.97 Å². The lowest BCUT2D eigenvalue weighted by molar-refractivity contribution is 0.0594. The van der Waals surface area contributed by atoms with Crippen LogP contribution in [0.3, 0.4) is 0 Å². The molecule has 1 atom stereocenters. The van der Waals surface area contributed by atoms with Gasteiger partial charge in [-0.2, -0.15) is 0 Å². The number of hydrogen-bond donors (Lipinski definition) is 2. The van der Waals surface area contributed by atoms with E-state index in [4.69, 9.17) is 5.73 Å². The Labute approximate surface area is 108 Å². The average molecular weight is 251 g/mol. The van der Waals surface area contributed by atoms with Crippen molar-refractivity contribution in [2.75, 3.05) is 18.2 Å². The second-order valence-electron chi connectivity index (χ2n) is 4.80. The van der Waals surface area contributed by atoms with Gasteiger partial charge in [-0.05, 0) is 31.4 Å². The van der Waals surface area contributed by atoms with E-state index in [0.717, 1.165) is 6.42 Å². The molecule has 0 aliphatic carbocycles. The number of rotatable bonds is 5. The van der Waals surface area contributed by atoms with Gasteiger partial charge in [0.2, 0.25) is 0 Å². The second kappa shape index (κ2) is 6.23. The first-order chi connectivity index (χ1) is 8.43. The summed E-state index contributed by atoms with van der Waals surface area (Å²) >= 11 is 0. The minimum atomic E-state index is -0.463. The SMILES string of the molecule is COC(=O)c1ccc(N)c(NC(C)CC(C)C)n1. The first kappa shape index (κ1) is 14.3. The number of nitrogen functional groups attached to an aromatic ring is 1. The molecule has 0 spiro atoms. The van der Waals surface area contributed by atoms with Crippen molar-refractivity contribution in [1.29, 1.82) is 0 Å². The lowest BCUT2D eigenvalue weighted by atomic mass is 10.1. The van der Waals surface area contributed by atoms with E-state index < -0.39 is 5.97 Å². The lowest BCUT2D eigenvalue weighted by Crippen LogP contribution is -2.20. The van der Waals surface area contributed by atoms with E-state index in [1.165, 1.54) is 7.11 Å². The third-order valence-corrected chi connectivity index (χ3v) is 2.53. The van der Waals surface area contributed by atoms with Gasteiger partial charge in [0, 0.05) is 6.04 Å². The average Bonchev–Trinajstić information content (AvgIpc) is 2.30. The van der Waals surface area contributed by atoms with Crippen molar-refractivity contribution in [3.63, 3.8) is 0 Å². The monoisotopic (exact) mass is 251 g/mol. The molecule has 3 N–H and O–H groups in total. The quantitative estimate of drug-likeness (QED) is 0.785. The highest BCUT2D eigenvalue weighted by Crippen LogP contribution is 2.19. The van der Waals surface area contributed by atoms with E-state index in [0.29, 0.717) is 17.4 Å². The number of methoxy groups -OCH3 is 1. The topological polar surface area (TPSA) is 77.2 Å². The summed E-state index contributed by atoms with van der Waals surface area (Å²) in [4.78, 5) is 15.6. The van der Waals surface area contributed by atoms with Crippen molar-refractivity contribution >= 4 is 17.5 Å². The third-order valence-electron chi connectivity index (χ3n) is 2.53. The van der Waals surface area contributed by atoms with E-state index >= 15 is 0 Å². The van der Waals surface area contributed by atoms with E-state index in [1.807, 2.05) is 0 Å². The number of aromatic nitrogens is 1. The Bertz CT molecular complexity index is 419. The van der Waals surface area contributed by atoms with Crippen LogP contribution in [0.2, 0.25) is 0 Å². The van der Waals surface area contributed by atoms with Crippen LogP contribution < -0.4 is 11.1 Å². The summed E-state index contributed by atoms with van der Waals surface area (Å²) in [6.07, 6.45) is 1.00. The van der Waals surface area contributed by atoms with Crippen LogP contribution in [-0.2, 0) is 4.74 Å². The van der Waals surface area contributed by atoms with Crippen LogP contribution in [0.1, 0.15) is 37.7 Å². The second-order valence-corrected chi connectivity index (χ2v) is 4.80. The molecule has 0 saturated heterocycles. The van der Waals surface area contributed by atoms with Crippen LogP contribution in [-0.4, -0.2) is 24.1 Å². The molecule has 0 radical (unpaired) electrons.